The Balaban J connectivity index is 1.79. The van der Waals surface area contributed by atoms with Gasteiger partial charge in [0.25, 0.3) is 0 Å². The lowest BCUT2D eigenvalue weighted by Gasteiger charge is -2.27. The van der Waals surface area contributed by atoms with Crippen molar-refractivity contribution in [2.24, 2.45) is 0 Å². The maximum atomic E-state index is 12.0. The van der Waals surface area contributed by atoms with Gasteiger partial charge in [-0.25, -0.2) is 0 Å². The van der Waals surface area contributed by atoms with Crippen molar-refractivity contribution in [3.63, 3.8) is 0 Å². The van der Waals surface area contributed by atoms with Crippen molar-refractivity contribution in [2.45, 2.75) is 51.0 Å². The summed E-state index contributed by atoms with van der Waals surface area (Å²) < 4.78 is 5.18. The summed E-state index contributed by atoms with van der Waals surface area (Å²) in [6.45, 7) is 4.53. The Bertz CT molecular complexity index is 490. The number of likely N-dealkylation sites (tertiary alicyclic amines) is 1. The van der Waals surface area contributed by atoms with Gasteiger partial charge in [0.2, 0.25) is 0 Å². The van der Waals surface area contributed by atoms with Crippen LogP contribution in [0.1, 0.15) is 62.1 Å². The molecule has 1 aliphatic carbocycles. The van der Waals surface area contributed by atoms with Gasteiger partial charge in [0.1, 0.15) is 0 Å². The molecule has 3 rings (SSSR count). The summed E-state index contributed by atoms with van der Waals surface area (Å²) in [5.41, 5.74) is 2.73. The third-order valence-electron chi connectivity index (χ3n) is 4.59. The van der Waals surface area contributed by atoms with Crippen LogP contribution in [0.25, 0.3) is 0 Å². The lowest BCUT2D eigenvalue weighted by Crippen LogP contribution is -2.28. The van der Waals surface area contributed by atoms with E-state index in [9.17, 15) is 4.79 Å². The van der Waals surface area contributed by atoms with Crippen molar-refractivity contribution in [1.29, 1.82) is 0 Å². The van der Waals surface area contributed by atoms with Crippen molar-refractivity contribution in [3.05, 3.63) is 35.4 Å². The van der Waals surface area contributed by atoms with Crippen molar-refractivity contribution >= 4 is 5.97 Å². The predicted octanol–water partition coefficient (Wildman–Crippen LogP) is 3.65. The molecular formula is C18H25NO2. The number of rotatable bonds is 6. The van der Waals surface area contributed by atoms with Gasteiger partial charge in [0.05, 0.1) is 13.0 Å². The number of carbonyl (C=O) groups is 1. The van der Waals surface area contributed by atoms with E-state index in [1.54, 1.807) is 0 Å². The van der Waals surface area contributed by atoms with E-state index < -0.39 is 0 Å². The Hall–Kier alpha value is -1.35. The molecule has 3 nitrogen and oxygen atoms in total. The zero-order valence-electron chi connectivity index (χ0n) is 12.9. The molecule has 1 aliphatic heterocycles. The van der Waals surface area contributed by atoms with Gasteiger partial charge in [0.15, 0.2) is 0 Å². The van der Waals surface area contributed by atoms with E-state index in [4.69, 9.17) is 4.74 Å². The van der Waals surface area contributed by atoms with Crippen LogP contribution in [0, 0.1) is 0 Å². The van der Waals surface area contributed by atoms with Gasteiger partial charge in [-0.2, -0.15) is 0 Å². The first kappa shape index (κ1) is 14.6. The molecule has 2 fully saturated rings. The highest BCUT2D eigenvalue weighted by Crippen LogP contribution is 2.41. The molecule has 1 heterocycles. The Kier molecular flexibility index (Phi) is 4.59. The molecule has 3 heteroatoms. The minimum Gasteiger partial charge on any atom is -0.466 e. The molecular weight excluding hydrogens is 262 g/mol. The number of benzene rings is 1. The Morgan fingerprint density at radius 2 is 2.10 bits per heavy atom. The molecule has 2 aliphatic rings. The lowest BCUT2D eigenvalue weighted by molar-refractivity contribution is -0.144. The highest BCUT2D eigenvalue weighted by atomic mass is 16.5. The van der Waals surface area contributed by atoms with E-state index in [-0.39, 0.29) is 12.0 Å². The summed E-state index contributed by atoms with van der Waals surface area (Å²) in [4.78, 5) is 14.4. The monoisotopic (exact) mass is 287 g/mol. The Morgan fingerprint density at radius 3 is 2.76 bits per heavy atom. The second-order valence-corrected chi connectivity index (χ2v) is 6.21. The van der Waals surface area contributed by atoms with Crippen LogP contribution >= 0.6 is 0 Å². The van der Waals surface area contributed by atoms with E-state index in [2.05, 4.69) is 29.2 Å². The fourth-order valence-corrected chi connectivity index (χ4v) is 3.33. The van der Waals surface area contributed by atoms with Crippen molar-refractivity contribution in [1.82, 2.24) is 4.90 Å². The predicted molar refractivity (Wildman–Crippen MR) is 83.2 cm³/mol. The van der Waals surface area contributed by atoms with Crippen molar-refractivity contribution < 1.29 is 9.53 Å². The molecule has 21 heavy (non-hydrogen) atoms. The number of esters is 1. The van der Waals surface area contributed by atoms with E-state index in [1.807, 2.05) is 6.92 Å². The van der Waals surface area contributed by atoms with Crippen LogP contribution in [-0.4, -0.2) is 30.6 Å². The molecule has 0 bridgehead atoms. The van der Waals surface area contributed by atoms with Crippen LogP contribution in [-0.2, 0) is 9.53 Å². The molecule has 0 aromatic heterocycles. The smallest absolute Gasteiger partial charge is 0.307 e. The molecule has 1 saturated heterocycles. The zero-order valence-corrected chi connectivity index (χ0v) is 12.9. The van der Waals surface area contributed by atoms with Crippen molar-refractivity contribution in [2.75, 3.05) is 19.7 Å². The third-order valence-corrected chi connectivity index (χ3v) is 4.59. The van der Waals surface area contributed by atoms with Gasteiger partial charge >= 0.3 is 5.97 Å². The van der Waals surface area contributed by atoms with Gasteiger partial charge < -0.3 is 4.74 Å². The van der Waals surface area contributed by atoms with E-state index in [0.29, 0.717) is 13.0 Å². The van der Waals surface area contributed by atoms with Gasteiger partial charge in [-0.3, -0.25) is 9.69 Å². The van der Waals surface area contributed by atoms with E-state index in [0.717, 1.165) is 19.0 Å². The molecule has 0 N–H and O–H groups in total. The minimum absolute atomic E-state index is 0.0776. The van der Waals surface area contributed by atoms with Gasteiger partial charge in [-0.1, -0.05) is 24.3 Å². The third kappa shape index (κ3) is 3.65. The van der Waals surface area contributed by atoms with Crippen LogP contribution in [0.4, 0.5) is 0 Å². The highest BCUT2D eigenvalue weighted by Gasteiger charge is 2.28. The lowest BCUT2D eigenvalue weighted by atomic mass is 9.98. The molecule has 1 aromatic rings. The van der Waals surface area contributed by atoms with E-state index in [1.165, 1.54) is 36.8 Å². The summed E-state index contributed by atoms with van der Waals surface area (Å²) in [5.74, 6) is 0.679. The first-order valence-corrected chi connectivity index (χ1v) is 8.27. The first-order chi connectivity index (χ1) is 10.3. The Morgan fingerprint density at radius 1 is 1.33 bits per heavy atom. The van der Waals surface area contributed by atoms with Crippen molar-refractivity contribution in [3.8, 4) is 0 Å². The average molecular weight is 287 g/mol. The normalized spacial score (nSPS) is 20.4. The average Bonchev–Trinajstić information content (AvgIpc) is 3.21. The topological polar surface area (TPSA) is 29.5 Å². The fourth-order valence-electron chi connectivity index (χ4n) is 3.33. The summed E-state index contributed by atoms with van der Waals surface area (Å²) in [5, 5.41) is 0. The Labute approximate surface area is 127 Å². The van der Waals surface area contributed by atoms with E-state index >= 15 is 0 Å². The maximum Gasteiger partial charge on any atom is 0.307 e. The van der Waals surface area contributed by atoms with Gasteiger partial charge in [0, 0.05) is 6.04 Å². The largest absolute Gasteiger partial charge is 0.466 e. The molecule has 1 saturated carbocycles. The number of ether oxygens (including phenoxy) is 1. The number of nitrogens with zero attached hydrogens (tertiary/aromatic N) is 1. The highest BCUT2D eigenvalue weighted by molar-refractivity contribution is 5.70. The van der Waals surface area contributed by atoms with Crippen LogP contribution in [0.15, 0.2) is 24.3 Å². The molecule has 0 radical (unpaired) electrons. The summed E-state index contributed by atoms with van der Waals surface area (Å²) >= 11 is 0. The summed E-state index contributed by atoms with van der Waals surface area (Å²) in [6, 6.07) is 9.06. The minimum atomic E-state index is -0.0776. The number of hydrogen-bond acceptors (Lipinski definition) is 3. The second kappa shape index (κ2) is 6.61. The van der Waals surface area contributed by atoms with Crippen LogP contribution in [0.5, 0.6) is 0 Å². The van der Waals surface area contributed by atoms with Crippen LogP contribution in [0.2, 0.25) is 0 Å². The SMILES string of the molecule is CCOC(=O)CC(c1cccc(C2CC2)c1)N1CCCC1. The first-order valence-electron chi connectivity index (χ1n) is 8.27. The maximum absolute atomic E-state index is 12.0. The second-order valence-electron chi connectivity index (χ2n) is 6.21. The summed E-state index contributed by atoms with van der Waals surface area (Å²) in [7, 11) is 0. The molecule has 0 spiro atoms. The molecule has 114 valence electrons. The number of carbonyl (C=O) groups excluding carboxylic acids is 1. The number of hydrogen-bond donors (Lipinski definition) is 0. The molecule has 1 atom stereocenters. The zero-order chi connectivity index (χ0) is 14.7. The standard InChI is InChI=1S/C18H25NO2/c1-2-21-18(20)13-17(19-10-3-4-11-19)16-7-5-6-15(12-16)14-8-9-14/h5-7,12,14,17H,2-4,8-11,13H2,1H3. The van der Waals surface area contributed by atoms with Gasteiger partial charge in [-0.05, 0) is 62.7 Å². The summed E-state index contributed by atoms with van der Waals surface area (Å²) in [6.07, 6.45) is 5.58. The van der Waals surface area contributed by atoms with Crippen LogP contribution < -0.4 is 0 Å². The van der Waals surface area contributed by atoms with Crippen LogP contribution in [0.3, 0.4) is 0 Å². The molecule has 0 amide bonds. The fraction of sp³-hybridized carbons (Fsp3) is 0.611. The van der Waals surface area contributed by atoms with Gasteiger partial charge in [-0.15, -0.1) is 0 Å². The quantitative estimate of drug-likeness (QED) is 0.748. The molecule has 1 unspecified atom stereocenters. The molecule has 1 aromatic carbocycles.